The minimum Gasteiger partial charge on any atom is -0.497 e. The van der Waals surface area contributed by atoms with E-state index in [9.17, 15) is 4.79 Å². The van der Waals surface area contributed by atoms with Crippen molar-refractivity contribution < 1.29 is 19.0 Å². The first-order chi connectivity index (χ1) is 14.0. The standard InChI is InChI=1S/C21H22N4O4/c1-13-22-19(24-15-7-5-6-14(10-15)21(26)29-4)12-20(23-13)25-17-11-16(27-2)8-9-18(17)28-3/h5-12H,1-4H3,(H2,22,23,24,25). The molecule has 0 fully saturated rings. The van der Waals surface area contributed by atoms with Crippen LogP contribution in [0.2, 0.25) is 0 Å². The predicted octanol–water partition coefficient (Wildman–Crippen LogP) is 4.08. The fraction of sp³-hybridized carbons (Fsp3) is 0.190. The number of methoxy groups -OCH3 is 3. The number of nitrogens with zero attached hydrogens (tertiary/aromatic N) is 2. The number of aromatic nitrogens is 2. The van der Waals surface area contributed by atoms with E-state index < -0.39 is 5.97 Å². The predicted molar refractivity (Wildman–Crippen MR) is 111 cm³/mol. The van der Waals surface area contributed by atoms with Gasteiger partial charge >= 0.3 is 5.97 Å². The van der Waals surface area contributed by atoms with E-state index in [4.69, 9.17) is 14.2 Å². The topological polar surface area (TPSA) is 94.6 Å². The highest BCUT2D eigenvalue weighted by Gasteiger charge is 2.10. The van der Waals surface area contributed by atoms with Crippen LogP contribution in [0.15, 0.2) is 48.5 Å². The van der Waals surface area contributed by atoms with E-state index in [0.29, 0.717) is 45.9 Å². The monoisotopic (exact) mass is 394 g/mol. The first-order valence-electron chi connectivity index (χ1n) is 8.82. The van der Waals surface area contributed by atoms with Gasteiger partial charge in [-0.05, 0) is 37.3 Å². The Kier molecular flexibility index (Phi) is 6.13. The van der Waals surface area contributed by atoms with E-state index in [0.717, 1.165) is 0 Å². The summed E-state index contributed by atoms with van der Waals surface area (Å²) in [7, 11) is 4.55. The summed E-state index contributed by atoms with van der Waals surface area (Å²) in [6.45, 7) is 1.80. The third-order valence-electron chi connectivity index (χ3n) is 4.06. The Bertz CT molecular complexity index is 1020. The summed E-state index contributed by atoms with van der Waals surface area (Å²) in [6.07, 6.45) is 0. The second-order valence-electron chi connectivity index (χ2n) is 6.07. The fourth-order valence-corrected chi connectivity index (χ4v) is 2.74. The van der Waals surface area contributed by atoms with Crippen molar-refractivity contribution >= 4 is 29.0 Å². The minimum absolute atomic E-state index is 0.403. The van der Waals surface area contributed by atoms with Crippen molar-refractivity contribution in [1.82, 2.24) is 9.97 Å². The number of ether oxygens (including phenoxy) is 3. The molecule has 0 saturated heterocycles. The van der Waals surface area contributed by atoms with Gasteiger partial charge < -0.3 is 24.8 Å². The lowest BCUT2D eigenvalue weighted by Crippen LogP contribution is -2.04. The molecule has 0 spiro atoms. The number of hydrogen-bond acceptors (Lipinski definition) is 8. The molecule has 0 atom stereocenters. The molecule has 0 amide bonds. The number of esters is 1. The lowest BCUT2D eigenvalue weighted by atomic mass is 10.2. The van der Waals surface area contributed by atoms with Crippen LogP contribution in [0, 0.1) is 6.92 Å². The van der Waals surface area contributed by atoms with Gasteiger partial charge in [0.2, 0.25) is 0 Å². The number of carbonyl (C=O) groups excluding carboxylic acids is 1. The molecule has 0 radical (unpaired) electrons. The molecule has 8 nitrogen and oxygen atoms in total. The van der Waals surface area contributed by atoms with Crippen molar-refractivity contribution in [3.05, 3.63) is 59.9 Å². The number of rotatable bonds is 7. The average molecular weight is 394 g/mol. The van der Waals surface area contributed by atoms with Crippen LogP contribution in [0.3, 0.4) is 0 Å². The Morgan fingerprint density at radius 3 is 2.34 bits per heavy atom. The summed E-state index contributed by atoms with van der Waals surface area (Å²) < 4.78 is 15.4. The van der Waals surface area contributed by atoms with E-state index in [-0.39, 0.29) is 0 Å². The molecule has 0 bridgehead atoms. The van der Waals surface area contributed by atoms with Gasteiger partial charge in [-0.15, -0.1) is 0 Å². The Morgan fingerprint density at radius 2 is 1.66 bits per heavy atom. The van der Waals surface area contributed by atoms with E-state index in [1.807, 2.05) is 24.3 Å². The number of hydrogen-bond donors (Lipinski definition) is 2. The number of anilines is 4. The Balaban J connectivity index is 1.87. The summed E-state index contributed by atoms with van der Waals surface area (Å²) in [5.41, 5.74) is 1.86. The maximum Gasteiger partial charge on any atom is 0.337 e. The van der Waals surface area contributed by atoms with Gasteiger partial charge in [-0.3, -0.25) is 0 Å². The van der Waals surface area contributed by atoms with Crippen LogP contribution in [0.1, 0.15) is 16.2 Å². The second-order valence-corrected chi connectivity index (χ2v) is 6.07. The molecule has 8 heteroatoms. The molecule has 0 aliphatic heterocycles. The Hall–Kier alpha value is -3.81. The molecule has 2 aromatic carbocycles. The molecule has 0 unspecified atom stereocenters. The average Bonchev–Trinajstić information content (AvgIpc) is 2.72. The second kappa shape index (κ2) is 8.92. The lowest BCUT2D eigenvalue weighted by Gasteiger charge is -2.14. The summed E-state index contributed by atoms with van der Waals surface area (Å²) in [6, 6.07) is 14.2. The number of benzene rings is 2. The summed E-state index contributed by atoms with van der Waals surface area (Å²) >= 11 is 0. The molecule has 1 aromatic heterocycles. The molecular formula is C21H22N4O4. The maximum absolute atomic E-state index is 11.7. The van der Waals surface area contributed by atoms with Crippen molar-refractivity contribution in [2.75, 3.05) is 32.0 Å². The van der Waals surface area contributed by atoms with Crippen molar-refractivity contribution in [2.45, 2.75) is 6.92 Å². The Labute approximate surface area is 168 Å². The van der Waals surface area contributed by atoms with Gasteiger partial charge in [0.15, 0.2) is 0 Å². The van der Waals surface area contributed by atoms with Gasteiger partial charge in [0.25, 0.3) is 0 Å². The molecule has 3 aromatic rings. The molecule has 3 rings (SSSR count). The highest BCUT2D eigenvalue weighted by Crippen LogP contribution is 2.31. The quantitative estimate of drug-likeness (QED) is 0.579. The van der Waals surface area contributed by atoms with Crippen LogP contribution in [0.5, 0.6) is 11.5 Å². The lowest BCUT2D eigenvalue weighted by molar-refractivity contribution is 0.0601. The van der Waals surface area contributed by atoms with Crippen LogP contribution in [-0.2, 0) is 4.74 Å². The van der Waals surface area contributed by atoms with Crippen molar-refractivity contribution in [3.63, 3.8) is 0 Å². The van der Waals surface area contributed by atoms with Gasteiger partial charge in [-0.1, -0.05) is 6.07 Å². The number of aryl methyl sites for hydroxylation is 1. The third kappa shape index (κ3) is 4.92. The zero-order valence-electron chi connectivity index (χ0n) is 16.6. The Morgan fingerprint density at radius 1 is 0.897 bits per heavy atom. The van der Waals surface area contributed by atoms with Gasteiger partial charge in [0, 0.05) is 17.8 Å². The van der Waals surface area contributed by atoms with E-state index >= 15 is 0 Å². The van der Waals surface area contributed by atoms with Crippen LogP contribution in [0.4, 0.5) is 23.0 Å². The van der Waals surface area contributed by atoms with Crippen LogP contribution in [-0.4, -0.2) is 37.3 Å². The zero-order chi connectivity index (χ0) is 20.8. The van der Waals surface area contributed by atoms with E-state index in [2.05, 4.69) is 20.6 Å². The molecule has 150 valence electrons. The molecule has 1 heterocycles. The molecule has 0 aliphatic rings. The minimum atomic E-state index is -0.403. The molecule has 2 N–H and O–H groups in total. The van der Waals surface area contributed by atoms with Crippen LogP contribution in [0.25, 0.3) is 0 Å². The number of carbonyl (C=O) groups is 1. The van der Waals surface area contributed by atoms with E-state index in [1.165, 1.54) is 7.11 Å². The summed E-state index contributed by atoms with van der Waals surface area (Å²) in [4.78, 5) is 20.6. The summed E-state index contributed by atoms with van der Waals surface area (Å²) in [5.74, 6) is 2.67. The van der Waals surface area contributed by atoms with Crippen molar-refractivity contribution in [1.29, 1.82) is 0 Å². The fourth-order valence-electron chi connectivity index (χ4n) is 2.74. The van der Waals surface area contributed by atoms with Gasteiger partial charge in [0.1, 0.15) is 29.0 Å². The maximum atomic E-state index is 11.7. The molecule has 29 heavy (non-hydrogen) atoms. The molecular weight excluding hydrogens is 372 g/mol. The number of nitrogens with one attached hydrogen (secondary N) is 2. The molecule has 0 saturated carbocycles. The van der Waals surface area contributed by atoms with Gasteiger partial charge in [-0.25, -0.2) is 14.8 Å². The summed E-state index contributed by atoms with van der Waals surface area (Å²) in [5, 5.41) is 6.42. The zero-order valence-corrected chi connectivity index (χ0v) is 16.6. The van der Waals surface area contributed by atoms with Crippen LogP contribution >= 0.6 is 0 Å². The smallest absolute Gasteiger partial charge is 0.337 e. The highest BCUT2D eigenvalue weighted by atomic mass is 16.5. The normalized spacial score (nSPS) is 10.2. The molecule has 0 aliphatic carbocycles. The SMILES string of the molecule is COC(=O)c1cccc(Nc2cc(Nc3cc(OC)ccc3OC)nc(C)n2)c1. The third-order valence-corrected chi connectivity index (χ3v) is 4.06. The first-order valence-corrected chi connectivity index (χ1v) is 8.82. The van der Waals surface area contributed by atoms with E-state index in [1.54, 1.807) is 45.4 Å². The van der Waals surface area contributed by atoms with Gasteiger partial charge in [0.05, 0.1) is 32.6 Å². The highest BCUT2D eigenvalue weighted by molar-refractivity contribution is 5.90. The van der Waals surface area contributed by atoms with Crippen molar-refractivity contribution in [2.24, 2.45) is 0 Å². The first kappa shape index (κ1) is 19.9. The van der Waals surface area contributed by atoms with Crippen molar-refractivity contribution in [3.8, 4) is 11.5 Å². The largest absolute Gasteiger partial charge is 0.497 e. The van der Waals surface area contributed by atoms with Gasteiger partial charge in [-0.2, -0.15) is 0 Å². The van der Waals surface area contributed by atoms with Crippen LogP contribution < -0.4 is 20.1 Å².